The van der Waals surface area contributed by atoms with Gasteiger partial charge in [0.15, 0.2) is 0 Å². The molecule has 6 N–H and O–H groups in total. The summed E-state index contributed by atoms with van der Waals surface area (Å²) < 4.78 is 1.53. The highest BCUT2D eigenvalue weighted by molar-refractivity contribution is 6.39. The molecule has 2 saturated carbocycles. The molecule has 1 saturated heterocycles. The van der Waals surface area contributed by atoms with Crippen LogP contribution in [0.25, 0.3) is 10.9 Å². The Kier molecular flexibility index (Phi) is 10.1. The van der Waals surface area contributed by atoms with Gasteiger partial charge in [0.2, 0.25) is 17.6 Å². The number of para-hydroxylation sites is 1. The number of primary amides is 1. The van der Waals surface area contributed by atoms with Crippen LogP contribution in [0.15, 0.2) is 30.6 Å². The molecule has 15 nitrogen and oxygen atoms in total. The summed E-state index contributed by atoms with van der Waals surface area (Å²) in [4.78, 5) is 69.8. The zero-order chi connectivity index (χ0) is 35.6. The van der Waals surface area contributed by atoms with E-state index in [4.69, 9.17) is 5.73 Å². The maximum Gasteiger partial charge on any atom is 0.287 e. The molecular formula is C35H47N9O6. The first-order chi connectivity index (χ1) is 23.9. The van der Waals surface area contributed by atoms with Gasteiger partial charge in [0.05, 0.1) is 35.2 Å². The van der Waals surface area contributed by atoms with Gasteiger partial charge in [-0.3, -0.25) is 29.1 Å². The Bertz CT molecular complexity index is 1750. The van der Waals surface area contributed by atoms with Crippen LogP contribution >= 0.6 is 0 Å². The van der Waals surface area contributed by atoms with E-state index >= 15 is 0 Å². The van der Waals surface area contributed by atoms with Crippen molar-refractivity contribution in [2.24, 2.45) is 11.7 Å². The van der Waals surface area contributed by atoms with Gasteiger partial charge in [-0.1, -0.05) is 68.7 Å². The van der Waals surface area contributed by atoms with Crippen molar-refractivity contribution >= 4 is 40.3 Å². The lowest BCUT2D eigenvalue weighted by atomic mass is 9.78. The van der Waals surface area contributed by atoms with E-state index in [1.54, 1.807) is 32.2 Å². The van der Waals surface area contributed by atoms with Crippen molar-refractivity contribution in [3.63, 3.8) is 0 Å². The van der Waals surface area contributed by atoms with E-state index in [9.17, 15) is 29.1 Å². The number of amides is 4. The van der Waals surface area contributed by atoms with Gasteiger partial charge < -0.3 is 26.4 Å². The monoisotopic (exact) mass is 689 g/mol. The average molecular weight is 690 g/mol. The molecule has 50 heavy (non-hydrogen) atoms. The molecule has 1 aliphatic heterocycles. The lowest BCUT2D eigenvalue weighted by Gasteiger charge is -2.38. The van der Waals surface area contributed by atoms with E-state index in [1.807, 2.05) is 6.07 Å². The van der Waals surface area contributed by atoms with E-state index in [1.165, 1.54) is 15.8 Å². The van der Waals surface area contributed by atoms with Crippen molar-refractivity contribution in [1.29, 1.82) is 0 Å². The number of benzene rings is 1. The normalized spacial score (nSPS) is 21.9. The molecule has 268 valence electrons. The summed E-state index contributed by atoms with van der Waals surface area (Å²) in [7, 11) is 0. The lowest BCUT2D eigenvalue weighted by molar-refractivity contribution is -0.145. The molecule has 4 amide bonds. The van der Waals surface area contributed by atoms with E-state index in [0.29, 0.717) is 36.0 Å². The number of H-pyrrole nitrogens is 1. The van der Waals surface area contributed by atoms with Crippen LogP contribution in [0.2, 0.25) is 0 Å². The first kappa shape index (κ1) is 35.2. The second kappa shape index (κ2) is 14.3. The van der Waals surface area contributed by atoms with Crippen LogP contribution in [0.5, 0.6) is 0 Å². The Hall–Kier alpha value is -4.66. The number of rotatable bonds is 11. The fourth-order valence-corrected chi connectivity index (χ4v) is 8.13. The number of hydrogen-bond donors (Lipinski definition) is 5. The van der Waals surface area contributed by atoms with E-state index in [0.717, 1.165) is 43.9 Å². The highest BCUT2D eigenvalue weighted by atomic mass is 16.3. The van der Waals surface area contributed by atoms with Gasteiger partial charge in [-0.05, 0) is 45.1 Å². The fourth-order valence-electron chi connectivity index (χ4n) is 8.13. The quantitative estimate of drug-likeness (QED) is 0.186. The second-order valence-electron chi connectivity index (χ2n) is 14.7. The van der Waals surface area contributed by atoms with Crippen LogP contribution in [-0.2, 0) is 24.8 Å². The third kappa shape index (κ3) is 7.14. The van der Waals surface area contributed by atoms with Crippen LogP contribution in [0.1, 0.15) is 113 Å². The zero-order valence-electron chi connectivity index (χ0n) is 28.7. The number of aromatic amines is 1. The van der Waals surface area contributed by atoms with E-state index in [-0.39, 0.29) is 31.7 Å². The lowest BCUT2D eigenvalue weighted by Crippen LogP contribution is -2.62. The molecule has 0 radical (unpaired) electrons. The Labute approximate surface area is 290 Å². The minimum Gasteiger partial charge on any atom is -0.384 e. The van der Waals surface area contributed by atoms with Gasteiger partial charge >= 0.3 is 0 Å². The summed E-state index contributed by atoms with van der Waals surface area (Å²) in [5.41, 5.74) is 3.98. The number of carbonyl (C=O) groups is 5. The summed E-state index contributed by atoms with van der Waals surface area (Å²) in [6, 6.07) is 2.66. The molecular weight excluding hydrogens is 642 g/mol. The third-order valence-corrected chi connectivity index (χ3v) is 10.8. The SMILES string of the molecule is CC(C)(O)c1cnnn1[C@H]1C[C@@H](C(=O)NC2(C(=O)C(N)=O)CCCCC2)N(C(=O)[C@@H](CC2CCCCC2)NC(=O)c2cccc3cn[nH]c23)C1. The van der Waals surface area contributed by atoms with Gasteiger partial charge in [-0.25, -0.2) is 4.68 Å². The third-order valence-electron chi connectivity index (χ3n) is 10.8. The van der Waals surface area contributed by atoms with Crippen molar-refractivity contribution in [2.45, 2.75) is 120 Å². The maximum atomic E-state index is 14.8. The molecule has 0 bridgehead atoms. The smallest absolute Gasteiger partial charge is 0.287 e. The van der Waals surface area contributed by atoms with Gasteiger partial charge in [-0.15, -0.1) is 5.10 Å². The van der Waals surface area contributed by atoms with Crippen LogP contribution in [0.4, 0.5) is 0 Å². The molecule has 0 spiro atoms. The number of aromatic nitrogens is 5. The molecule has 1 aromatic carbocycles. The Morgan fingerprint density at radius 1 is 1.06 bits per heavy atom. The van der Waals surface area contributed by atoms with Crippen molar-refractivity contribution in [1.82, 2.24) is 40.7 Å². The van der Waals surface area contributed by atoms with Gasteiger partial charge in [0.25, 0.3) is 11.8 Å². The molecule has 3 heterocycles. The number of nitrogens with one attached hydrogen (secondary N) is 3. The molecule has 3 aromatic rings. The van der Waals surface area contributed by atoms with Gasteiger partial charge in [-0.2, -0.15) is 5.10 Å². The minimum absolute atomic E-state index is 0.0350. The number of nitrogens with two attached hydrogens (primary N) is 1. The largest absolute Gasteiger partial charge is 0.384 e. The molecule has 3 aliphatic rings. The van der Waals surface area contributed by atoms with Crippen molar-refractivity contribution < 1.29 is 29.1 Å². The number of carbonyl (C=O) groups excluding carboxylic acids is 5. The molecule has 15 heteroatoms. The number of hydrogen-bond acceptors (Lipinski definition) is 9. The standard InChI is InChI=1S/C35H47N9O6/c1-34(2,50)27-19-38-42-44(27)23-17-26(32(48)40-35(29(45)30(36)46)14-7-4-8-15-35)43(20-23)33(49)25(16-21-10-5-3-6-11-21)39-31(47)24-13-9-12-22-18-37-41-28(22)24/h9,12-13,18-19,21,23,25-26,50H,3-8,10-11,14-17,20H2,1-2H3,(H2,36,46)(H,37,41)(H,39,47)(H,40,48)/t23-,25+,26-/m0/s1. The number of nitrogens with zero attached hydrogens (tertiary/aromatic N) is 5. The predicted octanol–water partition coefficient (Wildman–Crippen LogP) is 2.17. The zero-order valence-corrected chi connectivity index (χ0v) is 28.7. The number of ketones is 1. The predicted molar refractivity (Wildman–Crippen MR) is 181 cm³/mol. The molecule has 3 fully saturated rings. The minimum atomic E-state index is -1.46. The summed E-state index contributed by atoms with van der Waals surface area (Å²) in [5.74, 6) is -3.25. The van der Waals surface area contributed by atoms with Gasteiger partial charge in [0.1, 0.15) is 23.2 Å². The van der Waals surface area contributed by atoms with E-state index in [2.05, 4.69) is 31.1 Å². The first-order valence-corrected chi connectivity index (χ1v) is 17.7. The van der Waals surface area contributed by atoms with Crippen molar-refractivity contribution in [3.05, 3.63) is 41.9 Å². The highest BCUT2D eigenvalue weighted by Crippen LogP contribution is 2.35. The number of likely N-dealkylation sites (tertiary alicyclic amines) is 1. The van der Waals surface area contributed by atoms with Crippen LogP contribution in [0.3, 0.4) is 0 Å². The molecule has 2 aromatic heterocycles. The molecule has 2 aliphatic carbocycles. The van der Waals surface area contributed by atoms with Crippen LogP contribution in [0, 0.1) is 5.92 Å². The number of Topliss-reactive ketones (excluding diaryl/α,β-unsaturated/α-hetero) is 1. The Balaban J connectivity index is 1.34. The molecule has 6 rings (SSSR count). The topological polar surface area (TPSA) is 218 Å². The maximum absolute atomic E-state index is 14.8. The van der Waals surface area contributed by atoms with Crippen LogP contribution in [-0.4, -0.2) is 88.8 Å². The molecule has 3 atom stereocenters. The number of aliphatic hydroxyl groups is 1. The highest BCUT2D eigenvalue weighted by Gasteiger charge is 2.49. The average Bonchev–Trinajstić information content (AvgIpc) is 3.88. The van der Waals surface area contributed by atoms with Gasteiger partial charge in [0, 0.05) is 18.4 Å². The van der Waals surface area contributed by atoms with Crippen molar-refractivity contribution in [3.8, 4) is 0 Å². The summed E-state index contributed by atoms with van der Waals surface area (Å²) in [5, 5.41) is 32.7. The van der Waals surface area contributed by atoms with Crippen molar-refractivity contribution in [2.75, 3.05) is 6.54 Å². The number of fused-ring (bicyclic) bond motifs is 1. The Morgan fingerprint density at radius 3 is 2.48 bits per heavy atom. The summed E-state index contributed by atoms with van der Waals surface area (Å²) in [6.07, 6.45) is 11.2. The molecule has 0 unspecified atom stereocenters. The first-order valence-electron chi connectivity index (χ1n) is 17.7. The van der Waals surface area contributed by atoms with E-state index < -0.39 is 58.7 Å². The Morgan fingerprint density at radius 2 is 1.78 bits per heavy atom. The fraction of sp³-hybridized carbons (Fsp3) is 0.600. The van der Waals surface area contributed by atoms with Crippen LogP contribution < -0.4 is 16.4 Å². The summed E-state index contributed by atoms with van der Waals surface area (Å²) in [6.45, 7) is 3.23. The second-order valence-corrected chi connectivity index (χ2v) is 14.7. The summed E-state index contributed by atoms with van der Waals surface area (Å²) >= 11 is 0.